The van der Waals surface area contributed by atoms with Crippen molar-refractivity contribution in [3.63, 3.8) is 0 Å². The monoisotopic (exact) mass is 222 g/mol. The van der Waals surface area contributed by atoms with Crippen molar-refractivity contribution >= 4 is 5.69 Å². The van der Waals surface area contributed by atoms with Crippen molar-refractivity contribution in [1.29, 1.82) is 0 Å². The molecule has 90 valence electrons. The van der Waals surface area contributed by atoms with Gasteiger partial charge in [-0.2, -0.15) is 0 Å². The summed E-state index contributed by atoms with van der Waals surface area (Å²) >= 11 is 0. The summed E-state index contributed by atoms with van der Waals surface area (Å²) in [5, 5.41) is 9.39. The fourth-order valence-electron chi connectivity index (χ4n) is 1.78. The van der Waals surface area contributed by atoms with Crippen LogP contribution >= 0.6 is 0 Å². The van der Waals surface area contributed by atoms with Gasteiger partial charge in [0.25, 0.3) is 0 Å². The molecule has 0 aliphatic carbocycles. The van der Waals surface area contributed by atoms with Gasteiger partial charge in [-0.15, -0.1) is 0 Å². The minimum atomic E-state index is -0.493. The SMILES string of the molecule is CCC(C)N(CC)c1ccc(C(C)O)nc1. The third-order valence-corrected chi connectivity index (χ3v) is 2.99. The lowest BCUT2D eigenvalue weighted by Crippen LogP contribution is -2.32. The van der Waals surface area contributed by atoms with E-state index in [4.69, 9.17) is 0 Å². The average molecular weight is 222 g/mol. The highest BCUT2D eigenvalue weighted by atomic mass is 16.3. The Labute approximate surface area is 98.1 Å². The molecular weight excluding hydrogens is 200 g/mol. The molecule has 3 nitrogen and oxygen atoms in total. The highest BCUT2D eigenvalue weighted by Gasteiger charge is 2.11. The number of pyridine rings is 1. The summed E-state index contributed by atoms with van der Waals surface area (Å²) in [6.07, 6.45) is 2.47. The molecule has 1 N–H and O–H groups in total. The number of rotatable bonds is 5. The van der Waals surface area contributed by atoms with Gasteiger partial charge in [0.2, 0.25) is 0 Å². The van der Waals surface area contributed by atoms with E-state index in [1.165, 1.54) is 0 Å². The van der Waals surface area contributed by atoms with Gasteiger partial charge in [-0.25, -0.2) is 0 Å². The first-order valence-electron chi connectivity index (χ1n) is 6.00. The second-order valence-corrected chi connectivity index (χ2v) is 4.16. The molecule has 1 heterocycles. The smallest absolute Gasteiger partial charge is 0.0931 e. The maximum atomic E-state index is 9.39. The van der Waals surface area contributed by atoms with E-state index in [1.54, 1.807) is 6.92 Å². The lowest BCUT2D eigenvalue weighted by atomic mass is 10.2. The second-order valence-electron chi connectivity index (χ2n) is 4.16. The van der Waals surface area contributed by atoms with E-state index in [1.807, 2.05) is 18.3 Å². The Hall–Kier alpha value is -1.09. The maximum absolute atomic E-state index is 9.39. The zero-order valence-corrected chi connectivity index (χ0v) is 10.6. The molecule has 0 aliphatic heterocycles. The van der Waals surface area contributed by atoms with Crippen molar-refractivity contribution in [2.45, 2.75) is 46.3 Å². The van der Waals surface area contributed by atoms with Crippen LogP contribution in [0.1, 0.15) is 45.9 Å². The summed E-state index contributed by atoms with van der Waals surface area (Å²) in [7, 11) is 0. The van der Waals surface area contributed by atoms with Crippen molar-refractivity contribution in [3.05, 3.63) is 24.0 Å². The first-order chi connectivity index (χ1) is 7.60. The molecule has 0 radical (unpaired) electrons. The van der Waals surface area contributed by atoms with E-state index in [0.29, 0.717) is 6.04 Å². The van der Waals surface area contributed by atoms with E-state index >= 15 is 0 Å². The molecule has 2 atom stereocenters. The largest absolute Gasteiger partial charge is 0.387 e. The Morgan fingerprint density at radius 3 is 2.38 bits per heavy atom. The third-order valence-electron chi connectivity index (χ3n) is 2.99. The standard InChI is InChI=1S/C13H22N2O/c1-5-10(3)15(6-2)12-7-8-13(11(4)16)14-9-12/h7-11,16H,5-6H2,1-4H3. The minimum absolute atomic E-state index is 0.493. The van der Waals surface area contributed by atoms with Gasteiger partial charge in [0.05, 0.1) is 23.7 Å². The molecule has 0 bridgehead atoms. The van der Waals surface area contributed by atoms with Crippen LogP contribution in [0.25, 0.3) is 0 Å². The fraction of sp³-hybridized carbons (Fsp3) is 0.615. The molecule has 0 aliphatic rings. The Kier molecular flexibility index (Phi) is 4.74. The van der Waals surface area contributed by atoms with Gasteiger partial charge in [-0.3, -0.25) is 4.98 Å². The molecule has 1 aromatic heterocycles. The van der Waals surface area contributed by atoms with Gasteiger partial charge in [-0.05, 0) is 39.3 Å². The van der Waals surface area contributed by atoms with Crippen LogP contribution in [-0.4, -0.2) is 22.7 Å². The van der Waals surface area contributed by atoms with Crippen molar-refractivity contribution in [2.24, 2.45) is 0 Å². The van der Waals surface area contributed by atoms with Crippen LogP contribution in [0.4, 0.5) is 5.69 Å². The van der Waals surface area contributed by atoms with Crippen molar-refractivity contribution in [2.75, 3.05) is 11.4 Å². The molecule has 0 amide bonds. The molecule has 0 saturated carbocycles. The summed E-state index contributed by atoms with van der Waals surface area (Å²) in [5.41, 5.74) is 1.85. The highest BCUT2D eigenvalue weighted by Crippen LogP contribution is 2.19. The van der Waals surface area contributed by atoms with Crippen molar-refractivity contribution in [3.8, 4) is 0 Å². The molecule has 0 aromatic carbocycles. The first kappa shape index (κ1) is 13.0. The normalized spacial score (nSPS) is 14.6. The predicted molar refractivity (Wildman–Crippen MR) is 67.6 cm³/mol. The van der Waals surface area contributed by atoms with Gasteiger partial charge in [0.1, 0.15) is 0 Å². The van der Waals surface area contributed by atoms with Gasteiger partial charge in [0, 0.05) is 12.6 Å². The molecule has 3 heteroatoms. The van der Waals surface area contributed by atoms with Gasteiger partial charge in [0.15, 0.2) is 0 Å². The van der Waals surface area contributed by atoms with Gasteiger partial charge in [-0.1, -0.05) is 6.92 Å². The van der Waals surface area contributed by atoms with E-state index < -0.39 is 6.10 Å². The summed E-state index contributed by atoms with van der Waals surface area (Å²) in [5.74, 6) is 0. The summed E-state index contributed by atoms with van der Waals surface area (Å²) in [6, 6.07) is 4.44. The van der Waals surface area contributed by atoms with E-state index in [0.717, 1.165) is 24.3 Å². The summed E-state index contributed by atoms with van der Waals surface area (Å²) < 4.78 is 0. The topological polar surface area (TPSA) is 36.4 Å². The first-order valence-corrected chi connectivity index (χ1v) is 6.00. The van der Waals surface area contributed by atoms with Crippen molar-refractivity contribution in [1.82, 2.24) is 4.98 Å². The van der Waals surface area contributed by atoms with Crippen LogP contribution in [0.15, 0.2) is 18.3 Å². The van der Waals surface area contributed by atoms with Crippen LogP contribution < -0.4 is 4.90 Å². The number of hydrogen-bond acceptors (Lipinski definition) is 3. The van der Waals surface area contributed by atoms with Crippen LogP contribution in [0.3, 0.4) is 0 Å². The Balaban J connectivity index is 2.86. The highest BCUT2D eigenvalue weighted by molar-refractivity contribution is 5.45. The Morgan fingerprint density at radius 1 is 1.31 bits per heavy atom. The zero-order chi connectivity index (χ0) is 12.1. The van der Waals surface area contributed by atoms with Crippen LogP contribution in [0.2, 0.25) is 0 Å². The average Bonchev–Trinajstić information content (AvgIpc) is 2.30. The number of aromatic nitrogens is 1. The van der Waals surface area contributed by atoms with E-state index in [9.17, 15) is 5.11 Å². The summed E-state index contributed by atoms with van der Waals surface area (Å²) in [4.78, 5) is 6.59. The number of nitrogens with zero attached hydrogens (tertiary/aromatic N) is 2. The molecular formula is C13H22N2O. The Morgan fingerprint density at radius 2 is 2.00 bits per heavy atom. The molecule has 2 unspecified atom stereocenters. The van der Waals surface area contributed by atoms with Crippen molar-refractivity contribution < 1.29 is 5.11 Å². The third kappa shape index (κ3) is 2.95. The van der Waals surface area contributed by atoms with Crippen LogP contribution in [0, 0.1) is 0 Å². The van der Waals surface area contributed by atoms with Crippen LogP contribution in [-0.2, 0) is 0 Å². The minimum Gasteiger partial charge on any atom is -0.387 e. The molecule has 16 heavy (non-hydrogen) atoms. The lowest BCUT2D eigenvalue weighted by Gasteiger charge is -2.29. The number of aliphatic hydroxyl groups excluding tert-OH is 1. The zero-order valence-electron chi connectivity index (χ0n) is 10.6. The summed E-state index contributed by atoms with van der Waals surface area (Å²) in [6.45, 7) is 9.25. The lowest BCUT2D eigenvalue weighted by molar-refractivity contribution is 0.194. The number of anilines is 1. The molecule has 0 fully saturated rings. The second kappa shape index (κ2) is 5.85. The van der Waals surface area contributed by atoms with Gasteiger partial charge >= 0.3 is 0 Å². The molecule has 1 aromatic rings. The van der Waals surface area contributed by atoms with Crippen LogP contribution in [0.5, 0.6) is 0 Å². The fourth-order valence-corrected chi connectivity index (χ4v) is 1.78. The number of aliphatic hydroxyl groups is 1. The molecule has 0 spiro atoms. The van der Waals surface area contributed by atoms with E-state index in [2.05, 4.69) is 30.7 Å². The molecule has 1 rings (SSSR count). The molecule has 0 saturated heterocycles. The van der Waals surface area contributed by atoms with E-state index in [-0.39, 0.29) is 0 Å². The predicted octanol–water partition coefficient (Wildman–Crippen LogP) is 2.76. The quantitative estimate of drug-likeness (QED) is 0.832. The van der Waals surface area contributed by atoms with Gasteiger partial charge < -0.3 is 10.0 Å². The maximum Gasteiger partial charge on any atom is 0.0931 e. The number of hydrogen-bond donors (Lipinski definition) is 1. The Bertz CT molecular complexity index is 308.